The maximum Gasteiger partial charge on any atom is 0.311 e. The van der Waals surface area contributed by atoms with Crippen LogP contribution in [0.2, 0.25) is 0 Å². The van der Waals surface area contributed by atoms with E-state index in [1.165, 1.54) is 6.20 Å². The lowest BCUT2D eigenvalue weighted by atomic mass is 10.2. The maximum absolute atomic E-state index is 12.3. The van der Waals surface area contributed by atoms with Gasteiger partial charge in [-0.05, 0) is 19.1 Å². The quantitative estimate of drug-likeness (QED) is 0.617. The molecule has 9 heteroatoms. The highest BCUT2D eigenvalue weighted by molar-refractivity contribution is 5.94. The normalized spacial score (nSPS) is 11.9. The summed E-state index contributed by atoms with van der Waals surface area (Å²) in [5.74, 6) is -0.771. The van der Waals surface area contributed by atoms with Crippen LogP contribution in [-0.2, 0) is 11.2 Å². The number of carboxylic acid groups (broad SMARTS) is 1. The molecule has 1 amide bonds. The fourth-order valence-corrected chi connectivity index (χ4v) is 2.23. The van der Waals surface area contributed by atoms with Crippen LogP contribution < -0.4 is 5.32 Å². The Morgan fingerprint density at radius 3 is 2.80 bits per heavy atom. The molecule has 0 aliphatic carbocycles. The van der Waals surface area contributed by atoms with Crippen LogP contribution in [0.4, 0.5) is 0 Å². The number of aromatic amines is 1. The number of nitrogens with one attached hydrogen (secondary N) is 2. The molecule has 2 heterocycles. The minimum Gasteiger partial charge on any atom is -0.481 e. The molecule has 0 bridgehead atoms. The van der Waals surface area contributed by atoms with Gasteiger partial charge >= 0.3 is 5.97 Å². The number of H-pyrrole nitrogens is 1. The first-order chi connectivity index (χ1) is 12.0. The second-order valence-electron chi connectivity index (χ2n) is 5.42. The van der Waals surface area contributed by atoms with Gasteiger partial charge in [-0.2, -0.15) is 10.2 Å². The fourth-order valence-electron chi connectivity index (χ4n) is 2.23. The Morgan fingerprint density at radius 1 is 1.32 bits per heavy atom. The molecule has 0 spiro atoms. The van der Waals surface area contributed by atoms with Crippen molar-refractivity contribution in [3.63, 3.8) is 0 Å². The molecule has 0 radical (unpaired) electrons. The molecule has 0 saturated heterocycles. The number of carboxylic acids is 1. The van der Waals surface area contributed by atoms with Gasteiger partial charge in [-0.25, -0.2) is 9.67 Å². The van der Waals surface area contributed by atoms with Crippen LogP contribution in [0.1, 0.15) is 35.0 Å². The molecule has 128 valence electrons. The Morgan fingerprint density at radius 2 is 2.08 bits per heavy atom. The summed E-state index contributed by atoms with van der Waals surface area (Å²) in [7, 11) is 0. The van der Waals surface area contributed by atoms with Gasteiger partial charge in [0.2, 0.25) is 0 Å². The van der Waals surface area contributed by atoms with Crippen LogP contribution >= 0.6 is 0 Å². The Labute approximate surface area is 142 Å². The van der Waals surface area contributed by atoms with Crippen molar-refractivity contribution in [2.75, 3.05) is 0 Å². The lowest BCUT2D eigenvalue weighted by molar-refractivity contribution is -0.136. The zero-order valence-corrected chi connectivity index (χ0v) is 13.4. The van der Waals surface area contributed by atoms with E-state index in [-0.39, 0.29) is 18.2 Å². The highest BCUT2D eigenvalue weighted by Gasteiger charge is 2.17. The van der Waals surface area contributed by atoms with Crippen molar-refractivity contribution in [1.29, 1.82) is 0 Å². The molecule has 0 unspecified atom stereocenters. The number of aliphatic carboxylic acids is 1. The van der Waals surface area contributed by atoms with E-state index < -0.39 is 12.0 Å². The summed E-state index contributed by atoms with van der Waals surface area (Å²) < 4.78 is 1.61. The van der Waals surface area contributed by atoms with Crippen molar-refractivity contribution in [2.45, 2.75) is 19.4 Å². The monoisotopic (exact) mass is 340 g/mol. The molecule has 1 aromatic carbocycles. The third kappa shape index (κ3) is 3.89. The molecule has 3 N–H and O–H groups in total. The summed E-state index contributed by atoms with van der Waals surface area (Å²) in [5, 5.41) is 22.2. The highest BCUT2D eigenvalue weighted by atomic mass is 16.4. The molecule has 1 atom stereocenters. The number of carbonyl (C=O) groups excluding carboxylic acids is 1. The lowest BCUT2D eigenvalue weighted by Gasteiger charge is -2.09. The van der Waals surface area contributed by atoms with E-state index in [1.54, 1.807) is 17.8 Å². The second kappa shape index (κ2) is 6.95. The van der Waals surface area contributed by atoms with Crippen molar-refractivity contribution < 1.29 is 14.7 Å². The highest BCUT2D eigenvalue weighted by Crippen LogP contribution is 2.11. The van der Waals surface area contributed by atoms with Crippen molar-refractivity contribution in [1.82, 2.24) is 30.3 Å². The summed E-state index contributed by atoms with van der Waals surface area (Å²) in [6.45, 7) is 1.72. The first-order valence-corrected chi connectivity index (χ1v) is 7.57. The number of nitrogens with zero attached hydrogens (tertiary/aromatic N) is 4. The topological polar surface area (TPSA) is 126 Å². The molecule has 3 rings (SSSR count). The van der Waals surface area contributed by atoms with E-state index in [1.807, 2.05) is 30.3 Å². The van der Waals surface area contributed by atoms with Crippen LogP contribution in [0.25, 0.3) is 5.69 Å². The van der Waals surface area contributed by atoms with Crippen LogP contribution in [0.3, 0.4) is 0 Å². The number of rotatable bonds is 6. The van der Waals surface area contributed by atoms with Gasteiger partial charge in [-0.3, -0.25) is 14.7 Å². The molecule has 2 aromatic heterocycles. The van der Waals surface area contributed by atoms with E-state index in [4.69, 9.17) is 5.11 Å². The van der Waals surface area contributed by atoms with Gasteiger partial charge in [-0.15, -0.1) is 0 Å². The Kier molecular flexibility index (Phi) is 4.55. The lowest BCUT2D eigenvalue weighted by Crippen LogP contribution is -2.27. The molecule has 0 aliphatic heterocycles. The first-order valence-electron chi connectivity index (χ1n) is 7.57. The van der Waals surface area contributed by atoms with Gasteiger partial charge in [0.1, 0.15) is 12.2 Å². The average Bonchev–Trinajstić information content (AvgIpc) is 3.24. The molecule has 25 heavy (non-hydrogen) atoms. The predicted molar refractivity (Wildman–Crippen MR) is 87.2 cm³/mol. The van der Waals surface area contributed by atoms with E-state index in [2.05, 4.69) is 25.6 Å². The minimum atomic E-state index is -1.01. The molecule has 0 aliphatic rings. The number of hydrogen-bond acceptors (Lipinski definition) is 5. The van der Waals surface area contributed by atoms with Gasteiger partial charge in [0.15, 0.2) is 5.82 Å². The second-order valence-corrected chi connectivity index (χ2v) is 5.42. The summed E-state index contributed by atoms with van der Waals surface area (Å²) in [6, 6.07) is 8.96. The van der Waals surface area contributed by atoms with Gasteiger partial charge in [0.25, 0.3) is 5.91 Å². The molecule has 3 aromatic rings. The molecular formula is C16H16N6O3. The molecular weight excluding hydrogens is 324 g/mol. The third-order valence-electron chi connectivity index (χ3n) is 3.47. The number of hydrogen-bond donors (Lipinski definition) is 3. The van der Waals surface area contributed by atoms with Crippen LogP contribution in [0.15, 0.2) is 42.7 Å². The van der Waals surface area contributed by atoms with E-state index in [0.717, 1.165) is 5.69 Å². The van der Waals surface area contributed by atoms with Gasteiger partial charge in [0.05, 0.1) is 23.5 Å². The van der Waals surface area contributed by atoms with E-state index >= 15 is 0 Å². The van der Waals surface area contributed by atoms with Gasteiger partial charge in [-0.1, -0.05) is 18.2 Å². The summed E-state index contributed by atoms with van der Waals surface area (Å²) in [4.78, 5) is 27.1. The Bertz CT molecular complexity index is 886. The smallest absolute Gasteiger partial charge is 0.311 e. The van der Waals surface area contributed by atoms with Crippen molar-refractivity contribution in [3.05, 3.63) is 59.9 Å². The van der Waals surface area contributed by atoms with E-state index in [9.17, 15) is 9.59 Å². The van der Waals surface area contributed by atoms with E-state index in [0.29, 0.717) is 11.4 Å². The maximum atomic E-state index is 12.3. The van der Waals surface area contributed by atoms with Crippen molar-refractivity contribution in [2.24, 2.45) is 0 Å². The Hall–Kier alpha value is -3.49. The van der Waals surface area contributed by atoms with Crippen LogP contribution in [-0.4, -0.2) is 41.9 Å². The third-order valence-corrected chi connectivity index (χ3v) is 3.47. The minimum absolute atomic E-state index is 0.237. The fraction of sp³-hybridized carbons (Fsp3) is 0.188. The van der Waals surface area contributed by atoms with Crippen LogP contribution in [0, 0.1) is 0 Å². The largest absolute Gasteiger partial charge is 0.481 e. The van der Waals surface area contributed by atoms with Gasteiger partial charge in [0, 0.05) is 6.20 Å². The summed E-state index contributed by atoms with van der Waals surface area (Å²) in [6.07, 6.45) is 2.85. The van der Waals surface area contributed by atoms with Crippen LogP contribution in [0.5, 0.6) is 0 Å². The molecule has 0 fully saturated rings. The van der Waals surface area contributed by atoms with Gasteiger partial charge < -0.3 is 10.4 Å². The molecule has 9 nitrogen and oxygen atoms in total. The van der Waals surface area contributed by atoms with Crippen molar-refractivity contribution >= 4 is 11.9 Å². The average molecular weight is 340 g/mol. The number of carbonyl (C=O) groups is 2. The number of aromatic nitrogens is 5. The zero-order valence-electron chi connectivity index (χ0n) is 13.4. The number of para-hydroxylation sites is 1. The first kappa shape index (κ1) is 16.4. The number of amides is 1. The zero-order chi connectivity index (χ0) is 17.8. The Balaban J connectivity index is 1.67. The summed E-state index contributed by atoms with van der Waals surface area (Å²) >= 11 is 0. The SMILES string of the molecule is C[C@@H](NC(=O)c1cnn(-c2ccccc2)c1)c1n[nH]c(CC(=O)O)n1. The van der Waals surface area contributed by atoms with Crippen molar-refractivity contribution in [3.8, 4) is 5.69 Å². The predicted octanol–water partition coefficient (Wildman–Crippen LogP) is 1.11. The molecule has 0 saturated carbocycles. The standard InChI is InChI=1S/C16H16N6O3/c1-10(15-19-13(20-21-15)7-14(23)24)18-16(25)11-8-17-22(9-11)12-5-3-2-4-6-12/h2-6,8-10H,7H2,1H3,(H,18,25)(H,23,24)(H,19,20,21)/t10-/m1/s1. The number of benzene rings is 1. The summed E-state index contributed by atoms with van der Waals surface area (Å²) in [5.41, 5.74) is 1.25.